The van der Waals surface area contributed by atoms with Crippen molar-refractivity contribution in [3.8, 4) is 0 Å². The van der Waals surface area contributed by atoms with Crippen LogP contribution < -0.4 is 11.1 Å². The summed E-state index contributed by atoms with van der Waals surface area (Å²) in [6.07, 6.45) is 5.90. The number of nitrogens with one attached hydrogen (secondary N) is 2. The summed E-state index contributed by atoms with van der Waals surface area (Å²) in [5.41, 5.74) is 5.56. The van der Waals surface area contributed by atoms with Crippen LogP contribution in [0.1, 0.15) is 25.6 Å². The minimum Gasteiger partial charge on any atom is -0.355 e. The minimum atomic E-state index is -0.381. The largest absolute Gasteiger partial charge is 0.355 e. The van der Waals surface area contributed by atoms with Crippen LogP contribution in [0.4, 0.5) is 0 Å². The molecule has 0 aliphatic rings. The maximum absolute atomic E-state index is 11.3. The van der Waals surface area contributed by atoms with Gasteiger partial charge < -0.3 is 16.0 Å². The molecule has 0 aromatic carbocycles. The predicted octanol–water partition coefficient (Wildman–Crippen LogP) is 0.196. The van der Waals surface area contributed by atoms with Crippen molar-refractivity contribution < 1.29 is 4.79 Å². The first-order chi connectivity index (χ1) is 7.24. The van der Waals surface area contributed by atoms with Crippen LogP contribution in [0.5, 0.6) is 0 Å². The lowest BCUT2D eigenvalue weighted by Gasteiger charge is -2.09. The molecular weight excluding hydrogens is 192 g/mol. The number of aromatic nitrogens is 2. The van der Waals surface area contributed by atoms with E-state index in [1.165, 1.54) is 0 Å². The molecule has 0 aliphatic heterocycles. The molecule has 0 fully saturated rings. The molecule has 0 radical (unpaired) electrons. The van der Waals surface area contributed by atoms with E-state index in [9.17, 15) is 4.79 Å². The second kappa shape index (κ2) is 6.19. The van der Waals surface area contributed by atoms with Gasteiger partial charge in [-0.05, 0) is 12.8 Å². The van der Waals surface area contributed by atoms with Crippen LogP contribution >= 0.6 is 0 Å². The Morgan fingerprint density at radius 2 is 2.53 bits per heavy atom. The van der Waals surface area contributed by atoms with Gasteiger partial charge in [0.15, 0.2) is 0 Å². The number of imidazole rings is 1. The number of nitrogens with two attached hydrogens (primary N) is 1. The van der Waals surface area contributed by atoms with Crippen molar-refractivity contribution in [3.05, 3.63) is 18.2 Å². The van der Waals surface area contributed by atoms with E-state index in [1.54, 1.807) is 12.4 Å². The van der Waals surface area contributed by atoms with E-state index in [2.05, 4.69) is 15.3 Å². The molecule has 1 amide bonds. The van der Waals surface area contributed by atoms with Crippen molar-refractivity contribution >= 4 is 5.91 Å². The number of aromatic amines is 1. The highest BCUT2D eigenvalue weighted by Crippen LogP contribution is 1.93. The Morgan fingerprint density at radius 1 is 1.73 bits per heavy atom. The van der Waals surface area contributed by atoms with Crippen LogP contribution in [0.2, 0.25) is 0 Å². The molecular formula is C10H18N4O. The van der Waals surface area contributed by atoms with Gasteiger partial charge in [-0.1, -0.05) is 6.92 Å². The van der Waals surface area contributed by atoms with Crippen LogP contribution in [0.3, 0.4) is 0 Å². The molecule has 5 heteroatoms. The molecule has 1 atom stereocenters. The first-order valence-corrected chi connectivity index (χ1v) is 5.25. The van der Waals surface area contributed by atoms with E-state index in [0.717, 1.165) is 18.7 Å². The number of aryl methyl sites for hydroxylation is 1. The Bertz CT molecular complexity index is 284. The summed E-state index contributed by atoms with van der Waals surface area (Å²) in [7, 11) is 0. The van der Waals surface area contributed by atoms with Gasteiger partial charge in [0.25, 0.3) is 0 Å². The third-order valence-corrected chi connectivity index (χ3v) is 2.22. The van der Waals surface area contributed by atoms with Gasteiger partial charge in [0.2, 0.25) is 5.91 Å². The lowest BCUT2D eigenvalue weighted by molar-refractivity contribution is -0.122. The summed E-state index contributed by atoms with van der Waals surface area (Å²) >= 11 is 0. The predicted molar refractivity (Wildman–Crippen MR) is 58.2 cm³/mol. The van der Waals surface area contributed by atoms with E-state index < -0.39 is 0 Å². The van der Waals surface area contributed by atoms with Crippen molar-refractivity contribution in [2.24, 2.45) is 5.73 Å². The van der Waals surface area contributed by atoms with E-state index in [0.29, 0.717) is 13.0 Å². The van der Waals surface area contributed by atoms with E-state index in [4.69, 9.17) is 5.73 Å². The van der Waals surface area contributed by atoms with Gasteiger partial charge in [0, 0.05) is 25.4 Å². The van der Waals surface area contributed by atoms with Crippen molar-refractivity contribution in [1.29, 1.82) is 0 Å². The van der Waals surface area contributed by atoms with Crippen LogP contribution in [0.15, 0.2) is 12.4 Å². The van der Waals surface area contributed by atoms with Crippen molar-refractivity contribution in [3.63, 3.8) is 0 Å². The van der Waals surface area contributed by atoms with Crippen molar-refractivity contribution in [2.45, 2.75) is 32.2 Å². The molecule has 1 heterocycles. The van der Waals surface area contributed by atoms with E-state index >= 15 is 0 Å². The zero-order valence-corrected chi connectivity index (χ0v) is 8.99. The molecule has 1 aromatic heterocycles. The fourth-order valence-electron chi connectivity index (χ4n) is 1.22. The highest BCUT2D eigenvalue weighted by molar-refractivity contribution is 5.81. The first-order valence-electron chi connectivity index (χ1n) is 5.25. The number of rotatable bonds is 6. The smallest absolute Gasteiger partial charge is 0.236 e. The molecule has 1 rings (SSSR count). The second-order valence-corrected chi connectivity index (χ2v) is 3.45. The van der Waals surface area contributed by atoms with Gasteiger partial charge in [-0.2, -0.15) is 0 Å². The van der Waals surface area contributed by atoms with Gasteiger partial charge >= 0.3 is 0 Å². The summed E-state index contributed by atoms with van der Waals surface area (Å²) in [6, 6.07) is -0.381. The lowest BCUT2D eigenvalue weighted by atomic mass is 10.2. The molecule has 0 aliphatic carbocycles. The van der Waals surface area contributed by atoms with Crippen LogP contribution in [0.25, 0.3) is 0 Å². The number of hydrogen-bond donors (Lipinski definition) is 3. The first kappa shape index (κ1) is 11.7. The Kier molecular flexibility index (Phi) is 4.83. The fraction of sp³-hybridized carbons (Fsp3) is 0.600. The van der Waals surface area contributed by atoms with Crippen molar-refractivity contribution in [2.75, 3.05) is 6.54 Å². The molecule has 0 spiro atoms. The number of amides is 1. The van der Waals surface area contributed by atoms with Gasteiger partial charge in [-0.3, -0.25) is 4.79 Å². The summed E-state index contributed by atoms with van der Waals surface area (Å²) in [6.45, 7) is 2.54. The molecule has 0 bridgehead atoms. The number of hydrogen-bond acceptors (Lipinski definition) is 3. The summed E-state index contributed by atoms with van der Waals surface area (Å²) in [4.78, 5) is 18.4. The summed E-state index contributed by atoms with van der Waals surface area (Å²) in [5, 5.41) is 2.79. The van der Waals surface area contributed by atoms with Crippen LogP contribution in [0, 0.1) is 0 Å². The van der Waals surface area contributed by atoms with Gasteiger partial charge in [-0.15, -0.1) is 0 Å². The Labute approximate surface area is 89.5 Å². The Balaban J connectivity index is 2.09. The lowest BCUT2D eigenvalue weighted by Crippen LogP contribution is -2.40. The number of carbonyl (C=O) groups excluding carboxylic acids is 1. The molecule has 15 heavy (non-hydrogen) atoms. The monoisotopic (exact) mass is 210 g/mol. The average Bonchev–Trinajstić information content (AvgIpc) is 2.75. The number of carbonyl (C=O) groups is 1. The minimum absolute atomic E-state index is 0.0723. The topological polar surface area (TPSA) is 83.8 Å². The Hall–Kier alpha value is -1.36. The molecule has 84 valence electrons. The summed E-state index contributed by atoms with van der Waals surface area (Å²) < 4.78 is 0. The van der Waals surface area contributed by atoms with Gasteiger partial charge in [0.05, 0.1) is 6.04 Å². The van der Waals surface area contributed by atoms with Crippen molar-refractivity contribution in [1.82, 2.24) is 15.3 Å². The average molecular weight is 210 g/mol. The standard InChI is InChI=1S/C10H18N4O/c1-2-8(11)10(15)14-5-3-4-9-12-6-7-13-9/h6-8H,2-5,11H2,1H3,(H,12,13)(H,14,15)/t8-/m0/s1. The molecule has 0 saturated carbocycles. The Morgan fingerprint density at radius 3 is 3.13 bits per heavy atom. The molecule has 0 unspecified atom stereocenters. The number of nitrogens with zero attached hydrogens (tertiary/aromatic N) is 1. The maximum atomic E-state index is 11.3. The highest BCUT2D eigenvalue weighted by atomic mass is 16.2. The SMILES string of the molecule is CC[C@H](N)C(=O)NCCCc1ncc[nH]1. The highest BCUT2D eigenvalue weighted by Gasteiger charge is 2.09. The number of H-pyrrole nitrogens is 1. The molecule has 4 N–H and O–H groups in total. The van der Waals surface area contributed by atoms with Crippen LogP contribution in [-0.4, -0.2) is 28.5 Å². The van der Waals surface area contributed by atoms with Crippen LogP contribution in [-0.2, 0) is 11.2 Å². The molecule has 5 nitrogen and oxygen atoms in total. The zero-order valence-electron chi connectivity index (χ0n) is 8.99. The normalized spacial score (nSPS) is 12.4. The quantitative estimate of drug-likeness (QED) is 0.586. The fourth-order valence-corrected chi connectivity index (χ4v) is 1.22. The molecule has 0 saturated heterocycles. The van der Waals surface area contributed by atoms with E-state index in [1.807, 2.05) is 6.92 Å². The third-order valence-electron chi connectivity index (χ3n) is 2.22. The van der Waals surface area contributed by atoms with Gasteiger partial charge in [-0.25, -0.2) is 4.98 Å². The van der Waals surface area contributed by atoms with E-state index in [-0.39, 0.29) is 11.9 Å². The third kappa shape index (κ3) is 4.12. The second-order valence-electron chi connectivity index (χ2n) is 3.45. The molecule has 1 aromatic rings. The zero-order chi connectivity index (χ0) is 11.1. The maximum Gasteiger partial charge on any atom is 0.236 e. The van der Waals surface area contributed by atoms with Gasteiger partial charge in [0.1, 0.15) is 5.82 Å². The summed E-state index contributed by atoms with van der Waals surface area (Å²) in [5.74, 6) is 0.876.